The summed E-state index contributed by atoms with van der Waals surface area (Å²) in [4.78, 5) is 135. The molecule has 6 heterocycles. The molecule has 7 aromatic rings. The van der Waals surface area contributed by atoms with Crippen molar-refractivity contribution in [2.24, 2.45) is 22.2 Å². The van der Waals surface area contributed by atoms with E-state index in [9.17, 15) is 48.3 Å². The first kappa shape index (κ1) is 72.3. The van der Waals surface area contributed by atoms with Gasteiger partial charge in [-0.05, 0) is 97.9 Å². The highest BCUT2D eigenvalue weighted by atomic mass is 16.6. The molecule has 25 heteroatoms. The fourth-order valence-electron chi connectivity index (χ4n) is 14.7. The molecule has 1 aliphatic carbocycles. The van der Waals surface area contributed by atoms with Gasteiger partial charge >= 0.3 is 6.09 Å². The minimum absolute atomic E-state index is 0.0147. The van der Waals surface area contributed by atoms with Gasteiger partial charge in [-0.1, -0.05) is 104 Å². The first-order valence-electron chi connectivity index (χ1n) is 35.9. The third kappa shape index (κ3) is 15.2. The molecule has 6 amide bonds. The van der Waals surface area contributed by atoms with Gasteiger partial charge in [-0.15, -0.1) is 5.10 Å². The summed E-state index contributed by atoms with van der Waals surface area (Å²) in [6, 6.07) is 34.4. The Labute approximate surface area is 608 Å². The first-order chi connectivity index (χ1) is 50.6. The molecule has 1 saturated carbocycles. The van der Waals surface area contributed by atoms with Gasteiger partial charge in [0.2, 0.25) is 17.7 Å². The molecular formula is C80H86N10O15. The molecule has 25 nitrogen and oxygen atoms in total. The number of amides is 6. The lowest BCUT2D eigenvalue weighted by Gasteiger charge is -2.31. The second-order valence-corrected chi connectivity index (χ2v) is 28.6. The Morgan fingerprint density at radius 3 is 2.05 bits per heavy atom. The number of aliphatic hydroxyl groups is 1. The molecular weight excluding hydrogens is 1340 g/mol. The lowest BCUT2D eigenvalue weighted by molar-refractivity contribution is -0.133. The van der Waals surface area contributed by atoms with Crippen molar-refractivity contribution in [3.05, 3.63) is 155 Å². The fraction of sp³-hybridized carbons (Fsp3) is 0.400. The number of aliphatic hydroxyl groups excluding tert-OH is 1. The van der Waals surface area contributed by atoms with Gasteiger partial charge in [-0.25, -0.2) is 14.4 Å². The number of nitrogens with zero attached hydrogens (tertiary/aromatic N) is 8. The van der Waals surface area contributed by atoms with E-state index in [1.165, 1.54) is 26.4 Å². The Bertz CT molecular complexity index is 4600. The number of ketones is 3. The number of nitrogens with one attached hydrogen (secondary N) is 2. The monoisotopic (exact) mass is 1430 g/mol. The normalized spacial score (nSPS) is 17.6. The van der Waals surface area contributed by atoms with E-state index < -0.39 is 47.9 Å². The zero-order chi connectivity index (χ0) is 74.0. The third-order valence-corrected chi connectivity index (χ3v) is 20.7. The van der Waals surface area contributed by atoms with Crippen molar-refractivity contribution in [3.63, 3.8) is 0 Å². The Hall–Kier alpha value is -11.1. The number of methoxy groups -OCH3 is 2. The maximum Gasteiger partial charge on any atom is 0.416 e. The zero-order valence-electron chi connectivity index (χ0n) is 59.9. The molecule has 1 aromatic heterocycles. The van der Waals surface area contributed by atoms with Gasteiger partial charge in [-0.3, -0.25) is 48.2 Å². The van der Waals surface area contributed by atoms with Crippen molar-refractivity contribution in [3.8, 4) is 45.5 Å². The molecule has 3 N–H and O–H groups in total. The van der Waals surface area contributed by atoms with Crippen LogP contribution in [0.15, 0.2) is 126 Å². The predicted molar refractivity (Wildman–Crippen MR) is 390 cm³/mol. The number of hydrogen-bond acceptors (Lipinski definition) is 18. The first-order valence-corrected chi connectivity index (χ1v) is 35.9. The summed E-state index contributed by atoms with van der Waals surface area (Å²) in [7, 11) is 2.94. The van der Waals surface area contributed by atoms with Crippen LogP contribution in [0.25, 0.3) is 22.5 Å². The summed E-state index contributed by atoms with van der Waals surface area (Å²) in [5.74, 6) is -2.83. The predicted octanol–water partition coefficient (Wildman–Crippen LogP) is 10.5. The molecule has 0 bridgehead atoms. The zero-order valence-corrected chi connectivity index (χ0v) is 59.9. The Kier molecular flexibility index (Phi) is 21.1. The molecule has 2 fully saturated rings. The van der Waals surface area contributed by atoms with Crippen LogP contribution in [0.5, 0.6) is 23.0 Å². The van der Waals surface area contributed by atoms with E-state index in [-0.39, 0.29) is 147 Å². The van der Waals surface area contributed by atoms with E-state index in [1.54, 1.807) is 78.1 Å². The maximum absolute atomic E-state index is 14.5. The maximum atomic E-state index is 14.5. The highest BCUT2D eigenvalue weighted by Gasteiger charge is 2.58. The number of carbonyl (C=O) groups excluding carboxylic acids is 9. The van der Waals surface area contributed by atoms with Crippen molar-refractivity contribution < 1.29 is 71.9 Å². The van der Waals surface area contributed by atoms with Crippen LogP contribution in [0.4, 0.5) is 27.5 Å². The number of anilines is 3. The average molecular weight is 1430 g/mol. The van der Waals surface area contributed by atoms with Gasteiger partial charge in [0.1, 0.15) is 18.1 Å². The standard InChI is InChI=1S/C80H86N10O15/c1-46(2)58(35-55(92)42-82-71(94)27-25-54(91)26-28-72(95)86-43-52-16-8-10-17-56(52)73-74(90(47(3)4)85-84-73)57-18-11-13-20-63(57)86)75(96)83-48(5)66(93)33-49-21-23-50(24-22-49)44-105-79(100)89-64-39-70(68(102-7)37-60(64)76(97)87-45-80(29-30-80)40-65(87)78(89)99)104-32-14-31-103-69-38-61-59(36-67(69)101-6)77(98)88-53(41-81-61)34-51-15-9-12-19-62(51)88/h8-13,15-24,36-39,41,46-48,53,58,65,78,99H,14,25-35,40,42-45H2,1-7H3,(H,82,94)(H,83,96)/t48-,53-,58-,65-,78?/m0/s1. The minimum atomic E-state index is -1.49. The number of ether oxygens (including phenoxy) is 5. The Balaban J connectivity index is 0.570. The molecule has 6 aliphatic rings. The number of Topliss-reactive ketones (excluding diaryl/α,β-unsaturated/α-hetero) is 3. The molecule has 5 aliphatic heterocycles. The molecule has 546 valence electrons. The highest BCUT2D eigenvalue weighted by Crippen LogP contribution is 2.57. The van der Waals surface area contributed by atoms with Gasteiger partial charge in [0.25, 0.3) is 11.8 Å². The van der Waals surface area contributed by atoms with Crippen LogP contribution in [-0.2, 0) is 59.5 Å². The van der Waals surface area contributed by atoms with Crippen LogP contribution in [0.1, 0.15) is 141 Å². The number of fused-ring (bicyclic) bond motifs is 11. The van der Waals surface area contributed by atoms with Gasteiger partial charge in [-0.2, -0.15) is 0 Å². The lowest BCUT2D eigenvalue weighted by Crippen LogP contribution is -2.50. The molecule has 0 radical (unpaired) electrons. The van der Waals surface area contributed by atoms with E-state index in [0.29, 0.717) is 65.4 Å². The average Bonchev–Trinajstić information content (AvgIpc) is 1.58. The number of aliphatic imine (C=N–C) groups is 1. The van der Waals surface area contributed by atoms with Crippen molar-refractivity contribution in [1.82, 2.24) is 30.5 Å². The fourth-order valence-corrected chi connectivity index (χ4v) is 14.7. The second kappa shape index (κ2) is 30.7. The summed E-state index contributed by atoms with van der Waals surface area (Å²) < 4.78 is 31.7. The van der Waals surface area contributed by atoms with Crippen LogP contribution in [0.2, 0.25) is 0 Å². The SMILES string of the molecule is COc1cc2c(cc1OCCCOc1cc3c(cc1OC)C(=O)N1CC4(CC4)C[C@H]1C(O)N3C(=O)OCc1ccc(CC(=O)[C@H](C)NC(=O)[C@@H](CC(=O)CNC(=O)CCC(=O)CCC(=O)N3Cc4ccccc4-c4nnn(C(C)C)c4-c4ccccc43)C(C)C)cc1)N=C[C@@H]1Cc3ccccc3N1C2=O. The number of rotatable bonds is 27. The number of hydrogen-bond donors (Lipinski definition) is 3. The quantitative estimate of drug-likeness (QED) is 0.0403. The van der Waals surface area contributed by atoms with Crippen molar-refractivity contribution in [2.75, 3.05) is 55.2 Å². The minimum Gasteiger partial charge on any atom is -0.493 e. The van der Waals surface area contributed by atoms with Gasteiger partial charge in [0.15, 0.2) is 40.8 Å². The van der Waals surface area contributed by atoms with Crippen molar-refractivity contribution in [1.29, 1.82) is 0 Å². The Morgan fingerprint density at radius 2 is 1.34 bits per heavy atom. The molecule has 1 saturated heterocycles. The number of para-hydroxylation sites is 2. The molecule has 1 unspecified atom stereocenters. The van der Waals surface area contributed by atoms with Crippen molar-refractivity contribution in [2.45, 2.75) is 149 Å². The van der Waals surface area contributed by atoms with Gasteiger partial charge in [0.05, 0.1) is 92.5 Å². The number of carbonyl (C=O) groups is 9. The topological polar surface area (TPSA) is 300 Å². The van der Waals surface area contributed by atoms with E-state index in [2.05, 4.69) is 20.9 Å². The molecule has 5 atom stereocenters. The van der Waals surface area contributed by atoms with Crippen LogP contribution < -0.4 is 44.3 Å². The van der Waals surface area contributed by atoms with E-state index in [0.717, 1.165) is 57.1 Å². The van der Waals surface area contributed by atoms with Crippen LogP contribution in [0.3, 0.4) is 0 Å². The van der Waals surface area contributed by atoms with E-state index in [1.807, 2.05) is 91.3 Å². The summed E-state index contributed by atoms with van der Waals surface area (Å²) in [5.41, 5.74) is 8.70. The lowest BCUT2D eigenvalue weighted by atomic mass is 9.89. The largest absolute Gasteiger partial charge is 0.493 e. The second-order valence-electron chi connectivity index (χ2n) is 28.6. The summed E-state index contributed by atoms with van der Waals surface area (Å²) in [6.45, 7) is 9.48. The van der Waals surface area contributed by atoms with Gasteiger partial charge in [0, 0.05) is 105 Å². The van der Waals surface area contributed by atoms with Crippen LogP contribution >= 0.6 is 0 Å². The van der Waals surface area contributed by atoms with Gasteiger partial charge < -0.3 is 49.2 Å². The smallest absolute Gasteiger partial charge is 0.416 e. The summed E-state index contributed by atoms with van der Waals surface area (Å²) in [5, 5.41) is 26.6. The number of aromatic nitrogens is 3. The third-order valence-electron chi connectivity index (χ3n) is 20.7. The van der Waals surface area contributed by atoms with E-state index in [4.69, 9.17) is 28.7 Å². The molecule has 6 aromatic carbocycles. The van der Waals surface area contributed by atoms with Crippen molar-refractivity contribution >= 4 is 81.9 Å². The van der Waals surface area contributed by atoms with E-state index >= 15 is 0 Å². The number of benzene rings is 6. The highest BCUT2D eigenvalue weighted by molar-refractivity contribution is 6.15. The molecule has 1 spiro atoms. The van der Waals surface area contributed by atoms with Crippen LogP contribution in [0, 0.1) is 17.3 Å². The van der Waals surface area contributed by atoms with Crippen LogP contribution in [-0.4, -0.2) is 149 Å². The summed E-state index contributed by atoms with van der Waals surface area (Å²) in [6.07, 6.45) is 1.87. The Morgan fingerprint density at radius 1 is 0.686 bits per heavy atom. The molecule has 105 heavy (non-hydrogen) atoms. The molecule has 13 rings (SSSR count). The summed E-state index contributed by atoms with van der Waals surface area (Å²) >= 11 is 0.